The minimum atomic E-state index is -0.444. The van der Waals surface area contributed by atoms with E-state index in [0.29, 0.717) is 6.54 Å². The molecule has 6 heteroatoms. The summed E-state index contributed by atoms with van der Waals surface area (Å²) in [6.07, 6.45) is 4.14. The van der Waals surface area contributed by atoms with Crippen LogP contribution in [0.2, 0.25) is 0 Å². The zero-order valence-electron chi connectivity index (χ0n) is 13.7. The first-order chi connectivity index (χ1) is 11.7. The van der Waals surface area contributed by atoms with Crippen molar-refractivity contribution in [1.82, 2.24) is 14.9 Å². The number of halogens is 1. The van der Waals surface area contributed by atoms with Gasteiger partial charge in [0.1, 0.15) is 5.82 Å². The first-order valence-electron chi connectivity index (χ1n) is 8.25. The normalized spacial score (nSPS) is 21.8. The molecule has 0 saturated carbocycles. The van der Waals surface area contributed by atoms with Crippen LogP contribution in [0.1, 0.15) is 30.4 Å². The van der Waals surface area contributed by atoms with Gasteiger partial charge in [-0.05, 0) is 36.4 Å². The van der Waals surface area contributed by atoms with Crippen LogP contribution in [-0.2, 0) is 6.54 Å². The third-order valence-electron chi connectivity index (χ3n) is 4.33. The number of benzene rings is 1. The number of aromatic nitrogens is 2. The van der Waals surface area contributed by atoms with Gasteiger partial charge in [-0.1, -0.05) is 30.8 Å². The van der Waals surface area contributed by atoms with Crippen LogP contribution in [0, 0.1) is 5.82 Å². The average Bonchev–Trinajstić information content (AvgIpc) is 2.58. The van der Waals surface area contributed by atoms with Gasteiger partial charge in [-0.2, -0.15) is 0 Å². The van der Waals surface area contributed by atoms with E-state index in [0.717, 1.165) is 41.5 Å². The Morgan fingerprint density at radius 1 is 1.25 bits per heavy atom. The molecule has 128 valence electrons. The van der Waals surface area contributed by atoms with Gasteiger partial charge in [0.15, 0.2) is 5.16 Å². The van der Waals surface area contributed by atoms with Crippen LogP contribution in [0.4, 0.5) is 4.39 Å². The molecule has 1 aromatic carbocycles. The maximum atomic E-state index is 13.0. The summed E-state index contributed by atoms with van der Waals surface area (Å²) in [4.78, 5) is 10.9. The van der Waals surface area contributed by atoms with E-state index in [-0.39, 0.29) is 11.7 Å². The number of nitrogens with zero attached hydrogens (tertiary/aromatic N) is 3. The number of aliphatic hydroxyl groups is 1. The molecule has 0 spiro atoms. The summed E-state index contributed by atoms with van der Waals surface area (Å²) in [5, 5.41) is 11.3. The van der Waals surface area contributed by atoms with Crippen molar-refractivity contribution in [2.24, 2.45) is 0 Å². The van der Waals surface area contributed by atoms with Gasteiger partial charge in [0.25, 0.3) is 0 Å². The molecule has 2 aromatic rings. The molecule has 0 unspecified atom stereocenters. The van der Waals surface area contributed by atoms with Crippen molar-refractivity contribution in [1.29, 1.82) is 0 Å². The monoisotopic (exact) mass is 347 g/mol. The molecule has 1 aliphatic heterocycles. The molecule has 24 heavy (non-hydrogen) atoms. The minimum Gasteiger partial charge on any atom is -0.391 e. The molecule has 1 saturated heterocycles. The highest BCUT2D eigenvalue weighted by molar-refractivity contribution is 7.99. The van der Waals surface area contributed by atoms with Crippen LogP contribution in [0.15, 0.2) is 41.8 Å². The zero-order valence-corrected chi connectivity index (χ0v) is 14.5. The van der Waals surface area contributed by atoms with Gasteiger partial charge < -0.3 is 5.11 Å². The Balaban J connectivity index is 1.58. The number of aliphatic hydroxyl groups excluding tert-OH is 1. The predicted molar refractivity (Wildman–Crippen MR) is 93.5 cm³/mol. The lowest BCUT2D eigenvalue weighted by Gasteiger charge is -2.36. The number of likely N-dealkylation sites (tertiary alicyclic amines) is 1. The van der Waals surface area contributed by atoms with E-state index in [1.807, 2.05) is 12.4 Å². The third kappa shape index (κ3) is 4.32. The number of hydrogen-bond acceptors (Lipinski definition) is 5. The Kier molecular flexibility index (Phi) is 5.81. The lowest BCUT2D eigenvalue weighted by Crippen LogP contribution is -2.42. The number of thioether (sulfide) groups is 1. The fourth-order valence-corrected chi connectivity index (χ4v) is 3.64. The SMILES string of the molecule is CCSc1ncc(CN2CC[C@@H](c3ccc(F)cc3)[C@H](O)C2)cn1. The van der Waals surface area contributed by atoms with E-state index < -0.39 is 6.10 Å². The van der Waals surface area contributed by atoms with Crippen molar-refractivity contribution in [2.75, 3.05) is 18.8 Å². The molecule has 2 heterocycles. The lowest BCUT2D eigenvalue weighted by atomic mass is 9.87. The van der Waals surface area contributed by atoms with Gasteiger partial charge >= 0.3 is 0 Å². The van der Waals surface area contributed by atoms with Crippen LogP contribution < -0.4 is 0 Å². The van der Waals surface area contributed by atoms with E-state index in [4.69, 9.17) is 0 Å². The second kappa shape index (κ2) is 8.05. The summed E-state index contributed by atoms with van der Waals surface area (Å²) >= 11 is 1.63. The number of piperidine rings is 1. The molecule has 4 nitrogen and oxygen atoms in total. The molecule has 3 rings (SSSR count). The second-order valence-corrected chi connectivity index (χ2v) is 7.29. The Morgan fingerprint density at radius 2 is 1.96 bits per heavy atom. The molecule has 0 bridgehead atoms. The maximum Gasteiger partial charge on any atom is 0.187 e. The van der Waals surface area contributed by atoms with Crippen molar-refractivity contribution in [3.63, 3.8) is 0 Å². The summed E-state index contributed by atoms with van der Waals surface area (Å²) < 4.78 is 13.0. The molecule has 1 aromatic heterocycles. The van der Waals surface area contributed by atoms with Crippen LogP contribution in [0.5, 0.6) is 0 Å². The molecule has 1 N–H and O–H groups in total. The quantitative estimate of drug-likeness (QED) is 0.665. The van der Waals surface area contributed by atoms with Crippen molar-refractivity contribution >= 4 is 11.8 Å². The number of β-amino-alcohol motifs (C(OH)–C–C–N with tert-alkyl or cyclic N) is 1. The Labute approximate surface area is 146 Å². The van der Waals surface area contributed by atoms with E-state index in [1.165, 1.54) is 12.1 Å². The molecule has 0 amide bonds. The average molecular weight is 347 g/mol. The topological polar surface area (TPSA) is 49.2 Å². The van der Waals surface area contributed by atoms with Crippen LogP contribution in [0.25, 0.3) is 0 Å². The van der Waals surface area contributed by atoms with Crippen LogP contribution in [0.3, 0.4) is 0 Å². The first kappa shape index (κ1) is 17.3. The lowest BCUT2D eigenvalue weighted by molar-refractivity contribution is 0.0475. The zero-order chi connectivity index (χ0) is 16.9. The molecular formula is C18H22FN3OS. The molecule has 1 fully saturated rings. The van der Waals surface area contributed by atoms with E-state index in [2.05, 4.69) is 21.8 Å². The summed E-state index contributed by atoms with van der Waals surface area (Å²) in [6, 6.07) is 6.47. The van der Waals surface area contributed by atoms with Crippen molar-refractivity contribution in [3.05, 3.63) is 53.6 Å². The summed E-state index contributed by atoms with van der Waals surface area (Å²) in [6.45, 7) is 4.32. The summed E-state index contributed by atoms with van der Waals surface area (Å²) in [5.41, 5.74) is 2.07. The molecule has 0 radical (unpaired) electrons. The van der Waals surface area contributed by atoms with E-state index in [1.54, 1.807) is 23.9 Å². The van der Waals surface area contributed by atoms with Crippen molar-refractivity contribution in [2.45, 2.75) is 37.1 Å². The second-order valence-electron chi connectivity index (χ2n) is 6.06. The van der Waals surface area contributed by atoms with Crippen molar-refractivity contribution in [3.8, 4) is 0 Å². The van der Waals surface area contributed by atoms with Gasteiger partial charge in [0.05, 0.1) is 6.10 Å². The highest BCUT2D eigenvalue weighted by atomic mass is 32.2. The van der Waals surface area contributed by atoms with Crippen LogP contribution in [-0.4, -0.2) is 44.9 Å². The molecule has 1 aliphatic rings. The predicted octanol–water partition coefficient (Wildman–Crippen LogP) is 3.08. The van der Waals surface area contributed by atoms with Gasteiger partial charge in [0, 0.05) is 37.0 Å². The van der Waals surface area contributed by atoms with Crippen molar-refractivity contribution < 1.29 is 9.50 Å². The molecular weight excluding hydrogens is 325 g/mol. The summed E-state index contributed by atoms with van der Waals surface area (Å²) in [7, 11) is 0. The third-order valence-corrected chi connectivity index (χ3v) is 5.08. The van der Waals surface area contributed by atoms with Gasteiger partial charge in [-0.15, -0.1) is 0 Å². The Bertz CT molecular complexity index is 650. The van der Waals surface area contributed by atoms with Gasteiger partial charge in [0.2, 0.25) is 0 Å². The maximum absolute atomic E-state index is 13.0. The molecule has 2 atom stereocenters. The van der Waals surface area contributed by atoms with Gasteiger partial charge in [-0.25, -0.2) is 14.4 Å². The largest absolute Gasteiger partial charge is 0.391 e. The number of hydrogen-bond donors (Lipinski definition) is 1. The Hall–Kier alpha value is -1.50. The number of rotatable bonds is 5. The van der Waals surface area contributed by atoms with E-state index in [9.17, 15) is 9.50 Å². The fraction of sp³-hybridized carbons (Fsp3) is 0.444. The van der Waals surface area contributed by atoms with Crippen LogP contribution >= 0.6 is 11.8 Å². The fourth-order valence-electron chi connectivity index (χ4n) is 3.13. The molecule has 0 aliphatic carbocycles. The minimum absolute atomic E-state index is 0.0708. The van der Waals surface area contributed by atoms with Gasteiger partial charge in [-0.3, -0.25) is 4.90 Å². The van der Waals surface area contributed by atoms with E-state index >= 15 is 0 Å². The first-order valence-corrected chi connectivity index (χ1v) is 9.24. The Morgan fingerprint density at radius 3 is 2.58 bits per heavy atom. The summed E-state index contributed by atoms with van der Waals surface area (Å²) in [5.74, 6) is 0.791. The highest BCUT2D eigenvalue weighted by Gasteiger charge is 2.28. The highest BCUT2D eigenvalue weighted by Crippen LogP contribution is 2.29. The smallest absolute Gasteiger partial charge is 0.187 e. The standard InChI is InChI=1S/C18H22FN3OS/c1-2-24-18-20-9-13(10-21-18)11-22-8-7-16(17(23)12-22)14-3-5-15(19)6-4-14/h3-6,9-10,16-17,23H,2,7-8,11-12H2,1H3/t16-,17+/m0/s1.